The van der Waals surface area contributed by atoms with E-state index in [4.69, 9.17) is 38.9 Å². The molecule has 12 heteroatoms. The van der Waals surface area contributed by atoms with Crippen LogP contribution in [0.5, 0.6) is 11.5 Å². The zero-order valence-electron chi connectivity index (χ0n) is 27.4. The second-order valence-corrected chi connectivity index (χ2v) is 12.8. The van der Waals surface area contributed by atoms with Gasteiger partial charge in [-0.2, -0.15) is 0 Å². The molecule has 0 aromatic heterocycles. The van der Waals surface area contributed by atoms with E-state index in [0.29, 0.717) is 19.3 Å². The Morgan fingerprint density at radius 1 is 0.767 bits per heavy atom. The molecule has 0 radical (unpaired) electrons. The van der Waals surface area contributed by atoms with Gasteiger partial charge in [0.15, 0.2) is 11.5 Å². The Balaban J connectivity index is 3.45. The summed E-state index contributed by atoms with van der Waals surface area (Å²) in [5.41, 5.74) is 2.27. The van der Waals surface area contributed by atoms with Crippen molar-refractivity contribution in [1.82, 2.24) is 0 Å². The van der Waals surface area contributed by atoms with Gasteiger partial charge in [0, 0.05) is 6.42 Å². The van der Waals surface area contributed by atoms with Crippen LogP contribution in [0.1, 0.15) is 101 Å². The van der Waals surface area contributed by atoms with Crippen molar-refractivity contribution in [3.8, 4) is 11.5 Å². The second kappa shape index (κ2) is 15.3. The van der Waals surface area contributed by atoms with E-state index in [2.05, 4.69) is 0 Å². The molecule has 0 spiro atoms. The lowest BCUT2D eigenvalue weighted by Gasteiger charge is -2.29. The molecular formula is C31H49NO11. The Morgan fingerprint density at radius 3 is 1.74 bits per heavy atom. The molecule has 0 fully saturated rings. The molecule has 0 bridgehead atoms. The average molecular weight is 612 g/mol. The van der Waals surface area contributed by atoms with Gasteiger partial charge in [-0.05, 0) is 77.0 Å². The molecule has 1 aromatic carbocycles. The summed E-state index contributed by atoms with van der Waals surface area (Å²) in [6, 6.07) is 4.07. The molecule has 0 saturated heterocycles. The highest BCUT2D eigenvalue weighted by atomic mass is 16.8. The first-order valence-electron chi connectivity index (χ1n) is 14.4. The first kappa shape index (κ1) is 37.5. The number of carbonyl (C=O) groups excluding carboxylic acids is 4. The zero-order valence-corrected chi connectivity index (χ0v) is 27.4. The van der Waals surface area contributed by atoms with Crippen LogP contribution in [0.15, 0.2) is 18.2 Å². The van der Waals surface area contributed by atoms with E-state index in [1.807, 2.05) is 41.5 Å². The summed E-state index contributed by atoms with van der Waals surface area (Å²) in [5.74, 6) is -1.40. The zero-order chi connectivity index (χ0) is 33.2. The molecule has 0 aliphatic heterocycles. The predicted octanol–water partition coefficient (Wildman–Crippen LogP) is 6.83. The number of carbonyl (C=O) groups is 4. The maximum Gasteiger partial charge on any atom is 0.514 e. The van der Waals surface area contributed by atoms with Gasteiger partial charge in [0.05, 0.1) is 12.7 Å². The first-order valence-corrected chi connectivity index (χ1v) is 14.4. The monoisotopic (exact) mass is 611 g/mol. The molecule has 0 saturated carbocycles. The van der Waals surface area contributed by atoms with E-state index in [1.54, 1.807) is 34.6 Å². The van der Waals surface area contributed by atoms with Crippen LogP contribution < -0.4 is 15.2 Å². The van der Waals surface area contributed by atoms with Crippen LogP contribution >= 0.6 is 0 Å². The van der Waals surface area contributed by atoms with E-state index in [0.717, 1.165) is 0 Å². The molecule has 0 heterocycles. The topological polar surface area (TPSA) is 159 Å². The van der Waals surface area contributed by atoms with Gasteiger partial charge in [-0.15, -0.1) is 0 Å². The summed E-state index contributed by atoms with van der Waals surface area (Å²) < 4.78 is 37.3. The molecule has 1 unspecified atom stereocenters. The number of hydrogen-bond acceptors (Lipinski definition) is 12. The van der Waals surface area contributed by atoms with E-state index in [1.165, 1.54) is 18.2 Å². The molecule has 1 aromatic rings. The molecule has 1 rings (SSSR count). The van der Waals surface area contributed by atoms with Crippen molar-refractivity contribution in [1.29, 1.82) is 0 Å². The second-order valence-electron chi connectivity index (χ2n) is 12.8. The molecule has 12 nitrogen and oxygen atoms in total. The lowest BCUT2D eigenvalue weighted by Crippen LogP contribution is -2.55. The third kappa shape index (κ3) is 13.5. The van der Waals surface area contributed by atoms with Gasteiger partial charge >= 0.3 is 24.4 Å². The molecule has 0 amide bonds. The van der Waals surface area contributed by atoms with Gasteiger partial charge in [-0.1, -0.05) is 47.6 Å². The quantitative estimate of drug-likeness (QED) is 0.107. The fourth-order valence-electron chi connectivity index (χ4n) is 2.92. The first-order chi connectivity index (χ1) is 19.6. The number of benzene rings is 1. The van der Waals surface area contributed by atoms with Crippen LogP contribution in [-0.2, 0) is 34.9 Å². The molecular weight excluding hydrogens is 562 g/mol. The Bertz CT molecular complexity index is 1120. The number of esters is 1. The van der Waals surface area contributed by atoms with E-state index >= 15 is 0 Å². The van der Waals surface area contributed by atoms with Crippen molar-refractivity contribution >= 4 is 24.4 Å². The van der Waals surface area contributed by atoms with Crippen molar-refractivity contribution < 1.29 is 52.3 Å². The van der Waals surface area contributed by atoms with Gasteiger partial charge in [-0.25, -0.2) is 19.2 Å². The summed E-state index contributed by atoms with van der Waals surface area (Å²) in [4.78, 5) is 50.9. The average Bonchev–Trinajstić information content (AvgIpc) is 2.87. The van der Waals surface area contributed by atoms with Gasteiger partial charge in [0.25, 0.3) is 5.72 Å². The van der Waals surface area contributed by atoms with Crippen molar-refractivity contribution in [3.63, 3.8) is 0 Å². The summed E-state index contributed by atoms with van der Waals surface area (Å²) in [7, 11) is 0. The SMILES string of the molecule is CCC(C)OC(=O)[C@](N)(Cc1ccc(OC(=O)OC(C)(C)CC)c(OC(=O)OC(C)(C)CC)c1)OC(=O)OCC(C)(C)C. The van der Waals surface area contributed by atoms with Crippen molar-refractivity contribution in [2.45, 2.75) is 125 Å². The third-order valence-corrected chi connectivity index (χ3v) is 6.40. The summed E-state index contributed by atoms with van der Waals surface area (Å²) in [5, 5.41) is 0. The van der Waals surface area contributed by atoms with E-state index in [9.17, 15) is 19.2 Å². The van der Waals surface area contributed by atoms with Crippen LogP contribution in [0.2, 0.25) is 0 Å². The number of nitrogens with two attached hydrogens (primary N) is 1. The minimum absolute atomic E-state index is 0.00744. The highest BCUT2D eigenvalue weighted by Gasteiger charge is 2.42. The molecule has 2 N–H and O–H groups in total. The van der Waals surface area contributed by atoms with Crippen LogP contribution in [0, 0.1) is 5.41 Å². The number of rotatable bonds is 13. The molecule has 0 aliphatic carbocycles. The minimum atomic E-state index is -2.31. The lowest BCUT2D eigenvalue weighted by molar-refractivity contribution is -0.173. The maximum atomic E-state index is 13.1. The number of hydrogen-bond donors (Lipinski definition) is 1. The fraction of sp³-hybridized carbons (Fsp3) is 0.677. The van der Waals surface area contributed by atoms with Crippen LogP contribution in [0.4, 0.5) is 14.4 Å². The summed E-state index contributed by atoms with van der Waals surface area (Å²) >= 11 is 0. The minimum Gasteiger partial charge on any atom is -0.459 e. The smallest absolute Gasteiger partial charge is 0.459 e. The highest BCUT2D eigenvalue weighted by Crippen LogP contribution is 2.32. The van der Waals surface area contributed by atoms with Gasteiger partial charge < -0.3 is 33.2 Å². The van der Waals surface area contributed by atoms with Crippen LogP contribution in [0.25, 0.3) is 0 Å². The van der Waals surface area contributed by atoms with Gasteiger partial charge in [0.1, 0.15) is 11.2 Å². The highest BCUT2D eigenvalue weighted by molar-refractivity contribution is 5.82. The Hall–Kier alpha value is -3.54. The Morgan fingerprint density at radius 2 is 1.28 bits per heavy atom. The Labute approximate surface area is 254 Å². The summed E-state index contributed by atoms with van der Waals surface area (Å²) in [6.45, 7) is 19.5. The van der Waals surface area contributed by atoms with Gasteiger partial charge in [-0.3, -0.25) is 5.73 Å². The molecule has 43 heavy (non-hydrogen) atoms. The standard InChI is InChI=1S/C31H49NO11/c1-12-20(4)38-24(33)31(32,43-25(34)37-19-28(5,6)7)18-21-15-16-22(39-26(35)41-29(8,9)13-2)23(17-21)40-27(36)42-30(10,11)14-3/h15-17,20H,12-14,18-19,32H2,1-11H3/t20?,31-/m0/s1. The summed E-state index contributed by atoms with van der Waals surface area (Å²) in [6.07, 6.45) is -2.67. The fourth-order valence-corrected chi connectivity index (χ4v) is 2.92. The van der Waals surface area contributed by atoms with Crippen molar-refractivity contribution in [2.24, 2.45) is 11.1 Å². The van der Waals surface area contributed by atoms with Crippen molar-refractivity contribution in [3.05, 3.63) is 23.8 Å². The van der Waals surface area contributed by atoms with Crippen LogP contribution in [-0.4, -0.2) is 54.1 Å². The molecule has 2 atom stereocenters. The third-order valence-electron chi connectivity index (χ3n) is 6.40. The Kier molecular flexibility index (Phi) is 13.3. The van der Waals surface area contributed by atoms with E-state index in [-0.39, 0.29) is 29.1 Å². The lowest BCUT2D eigenvalue weighted by atomic mass is 9.99. The van der Waals surface area contributed by atoms with E-state index < -0.39 is 53.9 Å². The molecule has 0 aliphatic rings. The number of ether oxygens (including phenoxy) is 7. The predicted molar refractivity (Wildman–Crippen MR) is 158 cm³/mol. The van der Waals surface area contributed by atoms with Crippen molar-refractivity contribution in [2.75, 3.05) is 6.61 Å². The van der Waals surface area contributed by atoms with Crippen LogP contribution in [0.3, 0.4) is 0 Å². The largest absolute Gasteiger partial charge is 0.514 e. The van der Waals surface area contributed by atoms with Gasteiger partial charge in [0.2, 0.25) is 0 Å². The molecule has 244 valence electrons. The normalized spacial score (nSPS) is 14.0. The maximum absolute atomic E-state index is 13.1.